The lowest BCUT2D eigenvalue weighted by Gasteiger charge is -2.02. The molecule has 1 N–H and O–H groups in total. The normalized spacial score (nSPS) is 11.2. The van der Waals surface area contributed by atoms with Gasteiger partial charge in [-0.25, -0.2) is 14.5 Å². The number of carbonyl (C=O) groups excluding carboxylic acids is 1. The molecule has 0 aliphatic rings. The fourth-order valence-electron chi connectivity index (χ4n) is 2.60. The molecule has 1 amide bonds. The van der Waals surface area contributed by atoms with Gasteiger partial charge in [-0.2, -0.15) is 0 Å². The molecule has 7 nitrogen and oxygen atoms in total. The highest BCUT2D eigenvalue weighted by Gasteiger charge is 2.10. The van der Waals surface area contributed by atoms with Crippen molar-refractivity contribution in [3.63, 3.8) is 0 Å². The SMILES string of the molecule is O=C(Cn1nc2ccccn2c1=O)NCCc1nc2ccccc2s1. The molecule has 25 heavy (non-hydrogen) atoms. The van der Waals surface area contributed by atoms with Gasteiger partial charge < -0.3 is 5.32 Å². The third-order valence-corrected chi connectivity index (χ3v) is 4.88. The fraction of sp³-hybridized carbons (Fsp3) is 0.176. The van der Waals surface area contributed by atoms with Crippen LogP contribution in [0.4, 0.5) is 0 Å². The highest BCUT2D eigenvalue weighted by Crippen LogP contribution is 2.21. The molecule has 0 unspecified atom stereocenters. The molecule has 0 spiro atoms. The second kappa shape index (κ2) is 6.48. The van der Waals surface area contributed by atoms with E-state index in [0.717, 1.165) is 15.2 Å². The standard InChI is InChI=1S/C17H15N5O2S/c23-15(11-22-17(24)21-10-4-3-7-14(21)20-22)18-9-8-16-19-12-5-1-2-6-13(12)25-16/h1-7,10H,8-9,11H2,(H,18,23). The molecule has 0 aliphatic heterocycles. The Balaban J connectivity index is 1.37. The van der Waals surface area contributed by atoms with Crippen molar-refractivity contribution in [3.05, 3.63) is 64.2 Å². The Hall–Kier alpha value is -3.00. The maximum atomic E-state index is 12.1. The smallest absolute Gasteiger partial charge is 0.350 e. The summed E-state index contributed by atoms with van der Waals surface area (Å²) in [6.07, 6.45) is 2.29. The molecule has 0 radical (unpaired) electrons. The monoisotopic (exact) mass is 353 g/mol. The van der Waals surface area contributed by atoms with E-state index in [4.69, 9.17) is 0 Å². The summed E-state index contributed by atoms with van der Waals surface area (Å²) in [6, 6.07) is 13.2. The number of hydrogen-bond donors (Lipinski definition) is 1. The summed E-state index contributed by atoms with van der Waals surface area (Å²) in [5.41, 5.74) is 1.18. The van der Waals surface area contributed by atoms with Gasteiger partial charge in [-0.15, -0.1) is 16.4 Å². The minimum atomic E-state index is -0.322. The summed E-state index contributed by atoms with van der Waals surface area (Å²) in [6.45, 7) is 0.376. The number of hydrogen-bond acceptors (Lipinski definition) is 5. The van der Waals surface area contributed by atoms with E-state index in [-0.39, 0.29) is 18.1 Å². The number of fused-ring (bicyclic) bond motifs is 2. The summed E-state index contributed by atoms with van der Waals surface area (Å²) in [5, 5.41) is 7.94. The summed E-state index contributed by atoms with van der Waals surface area (Å²) in [4.78, 5) is 28.7. The summed E-state index contributed by atoms with van der Waals surface area (Å²) in [5.74, 6) is -0.244. The van der Waals surface area contributed by atoms with Crippen LogP contribution >= 0.6 is 11.3 Å². The maximum absolute atomic E-state index is 12.1. The van der Waals surface area contributed by atoms with Crippen LogP contribution in [0.2, 0.25) is 0 Å². The van der Waals surface area contributed by atoms with E-state index in [1.54, 1.807) is 35.7 Å². The van der Waals surface area contributed by atoms with Crippen molar-refractivity contribution in [2.24, 2.45) is 0 Å². The highest BCUT2D eigenvalue weighted by molar-refractivity contribution is 7.18. The van der Waals surface area contributed by atoms with Crippen LogP contribution in [-0.4, -0.2) is 31.6 Å². The van der Waals surface area contributed by atoms with Crippen molar-refractivity contribution in [1.82, 2.24) is 24.5 Å². The largest absolute Gasteiger partial charge is 0.354 e. The number of nitrogens with zero attached hydrogens (tertiary/aromatic N) is 4. The highest BCUT2D eigenvalue weighted by atomic mass is 32.1. The zero-order chi connectivity index (χ0) is 17.2. The molecule has 0 saturated heterocycles. The van der Waals surface area contributed by atoms with Crippen LogP contribution in [0, 0.1) is 0 Å². The number of carbonyl (C=O) groups is 1. The van der Waals surface area contributed by atoms with Crippen molar-refractivity contribution >= 4 is 33.1 Å². The van der Waals surface area contributed by atoms with Gasteiger partial charge in [-0.1, -0.05) is 18.2 Å². The number of benzene rings is 1. The number of thiazole rings is 1. The summed E-state index contributed by atoms with van der Waals surface area (Å²) in [7, 11) is 0. The first kappa shape index (κ1) is 15.5. The van der Waals surface area contributed by atoms with Crippen LogP contribution in [0.5, 0.6) is 0 Å². The lowest BCUT2D eigenvalue weighted by atomic mass is 10.3. The molecule has 0 saturated carbocycles. The van der Waals surface area contributed by atoms with E-state index in [1.165, 1.54) is 9.08 Å². The number of aromatic nitrogens is 4. The Kier molecular flexibility index (Phi) is 4.02. The van der Waals surface area contributed by atoms with Crippen molar-refractivity contribution in [2.75, 3.05) is 6.54 Å². The zero-order valence-electron chi connectivity index (χ0n) is 13.3. The predicted molar refractivity (Wildman–Crippen MR) is 95.8 cm³/mol. The minimum Gasteiger partial charge on any atom is -0.354 e. The molecule has 8 heteroatoms. The molecule has 0 fully saturated rings. The first-order valence-corrected chi connectivity index (χ1v) is 8.68. The van der Waals surface area contributed by atoms with E-state index in [1.807, 2.05) is 24.3 Å². The molecular formula is C17H15N5O2S. The van der Waals surface area contributed by atoms with E-state index in [0.29, 0.717) is 18.6 Å². The average Bonchev–Trinajstić information content (AvgIpc) is 3.16. The quantitative estimate of drug-likeness (QED) is 0.589. The Morgan fingerprint density at radius 2 is 2.00 bits per heavy atom. The van der Waals surface area contributed by atoms with Crippen LogP contribution < -0.4 is 11.0 Å². The molecule has 0 aliphatic carbocycles. The molecule has 3 heterocycles. The zero-order valence-corrected chi connectivity index (χ0v) is 14.1. The Labute approximate surface area is 146 Å². The molecule has 4 rings (SSSR count). The van der Waals surface area contributed by atoms with Gasteiger partial charge in [-0.3, -0.25) is 9.20 Å². The third-order valence-electron chi connectivity index (χ3n) is 3.78. The van der Waals surface area contributed by atoms with Gasteiger partial charge in [-0.05, 0) is 24.3 Å². The number of pyridine rings is 1. The molecule has 4 aromatic rings. The van der Waals surface area contributed by atoms with Crippen LogP contribution in [0.3, 0.4) is 0 Å². The maximum Gasteiger partial charge on any atom is 0.350 e. The predicted octanol–water partition coefficient (Wildman–Crippen LogP) is 1.46. The number of nitrogens with one attached hydrogen (secondary N) is 1. The van der Waals surface area contributed by atoms with Gasteiger partial charge in [0.1, 0.15) is 6.54 Å². The molecule has 3 aromatic heterocycles. The van der Waals surface area contributed by atoms with Gasteiger partial charge in [0, 0.05) is 19.2 Å². The second-order valence-corrected chi connectivity index (χ2v) is 6.66. The van der Waals surface area contributed by atoms with Gasteiger partial charge in [0.05, 0.1) is 15.2 Å². The van der Waals surface area contributed by atoms with Crippen LogP contribution in [0.15, 0.2) is 53.5 Å². The number of para-hydroxylation sites is 1. The minimum absolute atomic E-state index is 0.0969. The Morgan fingerprint density at radius 1 is 1.16 bits per heavy atom. The van der Waals surface area contributed by atoms with Gasteiger partial charge in [0.15, 0.2) is 5.65 Å². The van der Waals surface area contributed by atoms with E-state index in [2.05, 4.69) is 15.4 Å². The van der Waals surface area contributed by atoms with Crippen LogP contribution in [0.1, 0.15) is 5.01 Å². The van der Waals surface area contributed by atoms with E-state index in [9.17, 15) is 9.59 Å². The lowest BCUT2D eigenvalue weighted by molar-refractivity contribution is -0.121. The summed E-state index contributed by atoms with van der Waals surface area (Å²) >= 11 is 1.63. The topological polar surface area (TPSA) is 81.3 Å². The van der Waals surface area contributed by atoms with Gasteiger partial charge >= 0.3 is 5.69 Å². The number of rotatable bonds is 5. The lowest BCUT2D eigenvalue weighted by Crippen LogP contribution is -2.33. The first-order valence-electron chi connectivity index (χ1n) is 7.86. The fourth-order valence-corrected chi connectivity index (χ4v) is 3.57. The van der Waals surface area contributed by atoms with Crippen molar-refractivity contribution in [3.8, 4) is 0 Å². The Morgan fingerprint density at radius 3 is 2.84 bits per heavy atom. The van der Waals surface area contributed by atoms with Crippen LogP contribution in [-0.2, 0) is 17.8 Å². The molecular weight excluding hydrogens is 338 g/mol. The molecule has 1 aromatic carbocycles. The van der Waals surface area contributed by atoms with Gasteiger partial charge in [0.2, 0.25) is 5.91 Å². The summed E-state index contributed by atoms with van der Waals surface area (Å²) < 4.78 is 3.72. The van der Waals surface area contributed by atoms with Crippen molar-refractivity contribution in [2.45, 2.75) is 13.0 Å². The Bertz CT molecular complexity index is 1080. The van der Waals surface area contributed by atoms with Gasteiger partial charge in [0.25, 0.3) is 0 Å². The molecule has 126 valence electrons. The average molecular weight is 353 g/mol. The first-order chi connectivity index (χ1) is 12.2. The molecule has 0 atom stereocenters. The van der Waals surface area contributed by atoms with E-state index < -0.39 is 0 Å². The molecule has 0 bridgehead atoms. The van der Waals surface area contributed by atoms with Crippen molar-refractivity contribution in [1.29, 1.82) is 0 Å². The van der Waals surface area contributed by atoms with Crippen LogP contribution in [0.25, 0.3) is 15.9 Å². The second-order valence-electron chi connectivity index (χ2n) is 5.54. The third kappa shape index (κ3) is 3.16. The van der Waals surface area contributed by atoms with Crippen molar-refractivity contribution < 1.29 is 4.79 Å². The number of amides is 1. The van der Waals surface area contributed by atoms with E-state index >= 15 is 0 Å².